The monoisotopic (exact) mass is 490 g/mol. The number of nitrogens with zero attached hydrogens (tertiary/aromatic N) is 2. The molecule has 2 saturated heterocycles. The molecule has 0 amide bonds. The molecule has 14 heteroatoms. The minimum Gasteiger partial charge on any atom is -0.475 e. The van der Waals surface area contributed by atoms with Crippen LogP contribution in [0.3, 0.4) is 0 Å². The van der Waals surface area contributed by atoms with E-state index >= 15 is 0 Å². The summed E-state index contributed by atoms with van der Waals surface area (Å²) in [6.45, 7) is 3.84. The Bertz CT molecular complexity index is 717. The lowest BCUT2D eigenvalue weighted by Gasteiger charge is -2.28. The summed E-state index contributed by atoms with van der Waals surface area (Å²) in [5, 5.41) is 24.5. The number of pyridine rings is 1. The number of aliphatic hydroxyl groups is 1. The number of hydrogen-bond acceptors (Lipinski definition) is 6. The van der Waals surface area contributed by atoms with Crippen LogP contribution < -0.4 is 0 Å². The lowest BCUT2D eigenvalue weighted by molar-refractivity contribution is -0.193. The van der Waals surface area contributed by atoms with Crippen molar-refractivity contribution in [1.82, 2.24) is 9.88 Å². The minimum absolute atomic E-state index is 0.206. The molecule has 0 bridgehead atoms. The van der Waals surface area contributed by atoms with Crippen molar-refractivity contribution in [3.8, 4) is 0 Å². The number of carbonyl (C=O) groups is 2. The first kappa shape index (κ1) is 28.6. The molecule has 3 N–H and O–H groups in total. The van der Waals surface area contributed by atoms with Gasteiger partial charge in [0, 0.05) is 38.1 Å². The third kappa shape index (κ3) is 10.8. The van der Waals surface area contributed by atoms with E-state index in [4.69, 9.17) is 24.5 Å². The minimum atomic E-state index is -5.08. The highest BCUT2D eigenvalue weighted by atomic mass is 19.4. The molecule has 1 unspecified atom stereocenters. The molecule has 0 spiro atoms. The van der Waals surface area contributed by atoms with Crippen LogP contribution in [0.25, 0.3) is 0 Å². The van der Waals surface area contributed by atoms with Gasteiger partial charge in [-0.05, 0) is 36.8 Å². The summed E-state index contributed by atoms with van der Waals surface area (Å²) < 4.78 is 68.9. The van der Waals surface area contributed by atoms with Gasteiger partial charge in [0.05, 0.1) is 12.7 Å². The Morgan fingerprint density at radius 3 is 2.09 bits per heavy atom. The first-order valence-corrected chi connectivity index (χ1v) is 9.70. The van der Waals surface area contributed by atoms with Gasteiger partial charge in [-0.1, -0.05) is 6.07 Å². The van der Waals surface area contributed by atoms with E-state index < -0.39 is 24.3 Å². The molecular weight excluding hydrogens is 466 g/mol. The van der Waals surface area contributed by atoms with Crippen molar-refractivity contribution < 1.29 is 56.0 Å². The number of hydrogen-bond donors (Lipinski definition) is 3. The molecule has 33 heavy (non-hydrogen) atoms. The van der Waals surface area contributed by atoms with Crippen molar-refractivity contribution in [2.75, 3.05) is 26.3 Å². The highest BCUT2D eigenvalue weighted by molar-refractivity contribution is 5.73. The van der Waals surface area contributed by atoms with Crippen molar-refractivity contribution in [3.05, 3.63) is 30.1 Å². The quantitative estimate of drug-likeness (QED) is 0.551. The van der Waals surface area contributed by atoms with E-state index in [9.17, 15) is 31.4 Å². The van der Waals surface area contributed by atoms with Gasteiger partial charge in [0.15, 0.2) is 0 Å². The summed E-state index contributed by atoms with van der Waals surface area (Å²) >= 11 is 0. The van der Waals surface area contributed by atoms with Crippen LogP contribution in [0.1, 0.15) is 18.4 Å². The maximum atomic E-state index is 10.6. The third-order valence-electron chi connectivity index (χ3n) is 4.79. The number of carboxylic acid groups (broad SMARTS) is 2. The van der Waals surface area contributed by atoms with Gasteiger partial charge < -0.3 is 20.1 Å². The van der Waals surface area contributed by atoms with Crippen LogP contribution in [-0.2, 0) is 20.7 Å². The Labute approximate surface area is 184 Å². The standard InChI is InChI=1S/C15H22N2O2.2C2HF3O2/c18-15-3-6-17(10-13-4-7-19-11-13)14(15)8-12-2-1-5-16-9-12;2*3-2(4,5)1(6)7/h1-2,5,9,13-15,18H,3-4,6-8,10-11H2;2*(H,6,7)/t13?,14-,15-;;/m0../s1. The summed E-state index contributed by atoms with van der Waals surface area (Å²) in [5.41, 5.74) is 1.21. The molecule has 0 aromatic carbocycles. The fourth-order valence-corrected chi connectivity index (χ4v) is 3.21. The number of aromatic nitrogens is 1. The van der Waals surface area contributed by atoms with Crippen LogP contribution in [0, 0.1) is 5.92 Å². The summed E-state index contributed by atoms with van der Waals surface area (Å²) in [5.74, 6) is -4.87. The van der Waals surface area contributed by atoms with E-state index in [1.807, 2.05) is 12.3 Å². The third-order valence-corrected chi connectivity index (χ3v) is 4.79. The van der Waals surface area contributed by atoms with Crippen molar-refractivity contribution in [1.29, 1.82) is 0 Å². The smallest absolute Gasteiger partial charge is 0.475 e. The Kier molecular flexibility index (Phi) is 11.0. The van der Waals surface area contributed by atoms with Gasteiger partial charge in [0.1, 0.15) is 0 Å². The molecule has 0 aliphatic carbocycles. The zero-order valence-corrected chi connectivity index (χ0v) is 17.2. The molecule has 2 aliphatic heterocycles. The molecule has 2 aliphatic rings. The number of likely N-dealkylation sites (tertiary alicyclic amines) is 1. The van der Waals surface area contributed by atoms with Gasteiger partial charge in [-0.15, -0.1) is 0 Å². The van der Waals surface area contributed by atoms with Gasteiger partial charge >= 0.3 is 24.3 Å². The molecular formula is C19H24F6N2O6. The number of ether oxygens (including phenoxy) is 1. The van der Waals surface area contributed by atoms with Crippen molar-refractivity contribution in [2.45, 2.75) is 43.8 Å². The second-order valence-electron chi connectivity index (χ2n) is 7.32. The number of alkyl halides is 6. The Balaban J connectivity index is 0.000000324. The number of aliphatic hydroxyl groups excluding tert-OH is 1. The lowest BCUT2D eigenvalue weighted by atomic mass is 10.0. The van der Waals surface area contributed by atoms with Crippen LogP contribution in [0.15, 0.2) is 24.5 Å². The van der Waals surface area contributed by atoms with Crippen molar-refractivity contribution in [3.63, 3.8) is 0 Å². The number of halogens is 6. The van der Waals surface area contributed by atoms with Gasteiger partial charge in [-0.25, -0.2) is 9.59 Å². The van der Waals surface area contributed by atoms with Crippen LogP contribution in [0.4, 0.5) is 26.3 Å². The summed E-state index contributed by atoms with van der Waals surface area (Å²) in [6.07, 6.45) is -3.74. The Morgan fingerprint density at radius 2 is 1.67 bits per heavy atom. The molecule has 0 radical (unpaired) electrons. The molecule has 0 saturated carbocycles. The number of carboxylic acids is 2. The maximum Gasteiger partial charge on any atom is 0.490 e. The molecule has 2 fully saturated rings. The fraction of sp³-hybridized carbons (Fsp3) is 0.632. The second-order valence-corrected chi connectivity index (χ2v) is 7.32. The van der Waals surface area contributed by atoms with Crippen molar-refractivity contribution in [2.24, 2.45) is 5.92 Å². The SMILES string of the molecule is O=C(O)C(F)(F)F.O=C(O)C(F)(F)F.O[C@H]1CCN(CC2CCOC2)[C@H]1Cc1cccnc1. The normalized spacial score (nSPS) is 23.2. The van der Waals surface area contributed by atoms with Gasteiger partial charge in [-0.2, -0.15) is 26.3 Å². The molecule has 3 atom stereocenters. The zero-order chi connectivity index (χ0) is 25.2. The van der Waals surface area contributed by atoms with E-state index in [2.05, 4.69) is 16.0 Å². The highest BCUT2D eigenvalue weighted by Crippen LogP contribution is 2.25. The topological polar surface area (TPSA) is 120 Å². The molecule has 188 valence electrons. The van der Waals surface area contributed by atoms with Gasteiger partial charge in [-0.3, -0.25) is 9.88 Å². The molecule has 3 rings (SSSR count). The number of rotatable bonds is 4. The average Bonchev–Trinajstić information content (AvgIpc) is 3.34. The van der Waals surface area contributed by atoms with Crippen molar-refractivity contribution >= 4 is 11.9 Å². The van der Waals surface area contributed by atoms with Crippen LogP contribution >= 0.6 is 0 Å². The van der Waals surface area contributed by atoms with E-state index in [0.717, 1.165) is 45.6 Å². The van der Waals surface area contributed by atoms with E-state index in [-0.39, 0.29) is 12.1 Å². The molecule has 1 aromatic rings. The van der Waals surface area contributed by atoms with Gasteiger partial charge in [0.2, 0.25) is 0 Å². The first-order valence-electron chi connectivity index (χ1n) is 9.70. The predicted molar refractivity (Wildman–Crippen MR) is 100 cm³/mol. The van der Waals surface area contributed by atoms with Crippen LogP contribution in [-0.4, -0.2) is 87.9 Å². The van der Waals surface area contributed by atoms with E-state index in [0.29, 0.717) is 5.92 Å². The summed E-state index contributed by atoms with van der Waals surface area (Å²) in [7, 11) is 0. The Hall–Kier alpha value is -2.45. The maximum absolute atomic E-state index is 10.6. The van der Waals surface area contributed by atoms with Gasteiger partial charge in [0.25, 0.3) is 0 Å². The molecule has 1 aromatic heterocycles. The summed E-state index contributed by atoms with van der Waals surface area (Å²) in [6, 6.07) is 4.30. The largest absolute Gasteiger partial charge is 0.490 e. The Morgan fingerprint density at radius 1 is 1.09 bits per heavy atom. The molecule has 3 heterocycles. The lowest BCUT2D eigenvalue weighted by Crippen LogP contribution is -2.40. The fourth-order valence-electron chi connectivity index (χ4n) is 3.21. The van der Waals surface area contributed by atoms with E-state index in [1.165, 1.54) is 5.56 Å². The molecule has 8 nitrogen and oxygen atoms in total. The predicted octanol–water partition coefficient (Wildman–Crippen LogP) is 2.36. The van der Waals surface area contributed by atoms with Crippen LogP contribution in [0.5, 0.6) is 0 Å². The first-order chi connectivity index (χ1) is 15.2. The number of aliphatic carboxylic acids is 2. The summed E-state index contributed by atoms with van der Waals surface area (Å²) in [4.78, 5) is 24.4. The second kappa shape index (κ2) is 12.7. The van der Waals surface area contributed by atoms with E-state index in [1.54, 1.807) is 6.20 Å². The zero-order valence-electron chi connectivity index (χ0n) is 17.2. The average molecular weight is 490 g/mol. The highest BCUT2D eigenvalue weighted by Gasteiger charge is 2.39. The van der Waals surface area contributed by atoms with Crippen LogP contribution in [0.2, 0.25) is 0 Å².